The number of aliphatic hydroxyl groups is 1. The lowest BCUT2D eigenvalue weighted by atomic mass is 9.93. The van der Waals surface area contributed by atoms with Gasteiger partial charge in [-0.2, -0.15) is 13.2 Å². The molecule has 0 saturated carbocycles. The van der Waals surface area contributed by atoms with Crippen LogP contribution in [0.3, 0.4) is 0 Å². The average Bonchev–Trinajstić information content (AvgIpc) is 3.12. The van der Waals surface area contributed by atoms with E-state index in [1.165, 1.54) is 18.5 Å². The van der Waals surface area contributed by atoms with Crippen molar-refractivity contribution in [3.8, 4) is 0 Å². The van der Waals surface area contributed by atoms with Crippen LogP contribution in [0.1, 0.15) is 67.5 Å². The van der Waals surface area contributed by atoms with Crippen LogP contribution in [0.5, 0.6) is 0 Å². The summed E-state index contributed by atoms with van der Waals surface area (Å²) >= 11 is 5.81. The zero-order valence-corrected chi connectivity index (χ0v) is 21.2. The maximum absolute atomic E-state index is 13.5. The summed E-state index contributed by atoms with van der Waals surface area (Å²) < 4.78 is 40.4. The zero-order chi connectivity index (χ0) is 26.2. The van der Waals surface area contributed by atoms with Crippen LogP contribution in [0, 0.1) is 0 Å². The number of halogens is 4. The summed E-state index contributed by atoms with van der Waals surface area (Å²) in [4.78, 5) is 25.3. The maximum atomic E-state index is 13.5. The molecule has 7 nitrogen and oxygen atoms in total. The number of aliphatic hydroxyl groups excluding tert-OH is 1. The lowest BCUT2D eigenvalue weighted by Gasteiger charge is -2.43. The van der Waals surface area contributed by atoms with E-state index in [2.05, 4.69) is 32.0 Å². The molecule has 1 saturated heterocycles. The van der Waals surface area contributed by atoms with Crippen molar-refractivity contribution < 1.29 is 23.1 Å². The SMILES string of the molecule is CC(C)NC(C(C=O)c1ccc(Cl)c(C(F)(F)F)c1)N1CCN(c2ncnc3c2[C@H](C)C[C@H]3O)CC1. The van der Waals surface area contributed by atoms with Crippen LogP contribution in [-0.4, -0.2) is 64.6 Å². The van der Waals surface area contributed by atoms with Gasteiger partial charge in [0.2, 0.25) is 0 Å². The van der Waals surface area contributed by atoms with Crippen molar-refractivity contribution in [2.24, 2.45) is 0 Å². The number of alkyl halides is 3. The number of hydrogen-bond donors (Lipinski definition) is 2. The lowest BCUT2D eigenvalue weighted by Crippen LogP contribution is -2.58. The Labute approximate surface area is 213 Å². The Balaban J connectivity index is 1.57. The Bertz CT molecular complexity index is 1090. The number of carbonyl (C=O) groups is 1. The quantitative estimate of drug-likeness (QED) is 0.526. The largest absolute Gasteiger partial charge is 0.417 e. The van der Waals surface area contributed by atoms with Gasteiger partial charge in [-0.25, -0.2) is 9.97 Å². The number of fused-ring (bicyclic) bond motifs is 1. The second-order valence-corrected chi connectivity index (χ2v) is 10.2. The molecular formula is C25H31ClF3N5O2. The molecule has 1 fully saturated rings. The highest BCUT2D eigenvalue weighted by molar-refractivity contribution is 6.31. The highest BCUT2D eigenvalue weighted by Gasteiger charge is 2.38. The molecule has 2 aliphatic rings. The lowest BCUT2D eigenvalue weighted by molar-refractivity contribution is -0.137. The van der Waals surface area contributed by atoms with E-state index in [1.807, 2.05) is 13.8 Å². The van der Waals surface area contributed by atoms with E-state index in [9.17, 15) is 23.1 Å². The first-order valence-corrected chi connectivity index (χ1v) is 12.5. The predicted octanol–water partition coefficient (Wildman–Crippen LogP) is 4.12. The number of carbonyl (C=O) groups excluding carboxylic acids is 1. The minimum absolute atomic E-state index is 0.00247. The molecule has 0 spiro atoms. The first kappa shape index (κ1) is 26.8. The number of nitrogens with one attached hydrogen (secondary N) is 1. The Kier molecular flexibility index (Phi) is 7.89. The number of aldehydes is 1. The maximum Gasteiger partial charge on any atom is 0.417 e. The second kappa shape index (κ2) is 10.6. The predicted molar refractivity (Wildman–Crippen MR) is 131 cm³/mol. The third kappa shape index (κ3) is 5.37. The van der Waals surface area contributed by atoms with Crippen molar-refractivity contribution in [1.82, 2.24) is 20.2 Å². The van der Waals surface area contributed by atoms with Crippen molar-refractivity contribution >= 4 is 23.7 Å². The van der Waals surface area contributed by atoms with Gasteiger partial charge in [-0.1, -0.05) is 24.6 Å². The van der Waals surface area contributed by atoms with Gasteiger partial charge in [-0.05, 0) is 43.9 Å². The van der Waals surface area contributed by atoms with Gasteiger partial charge >= 0.3 is 6.18 Å². The number of piperazine rings is 1. The summed E-state index contributed by atoms with van der Waals surface area (Å²) in [6, 6.07) is 3.66. The molecule has 1 aliphatic carbocycles. The molecule has 36 heavy (non-hydrogen) atoms. The number of aromatic nitrogens is 2. The number of nitrogens with zero attached hydrogens (tertiary/aromatic N) is 4. The van der Waals surface area contributed by atoms with Gasteiger partial charge < -0.3 is 14.8 Å². The normalized spacial score (nSPS) is 22.5. The number of anilines is 1. The molecule has 1 aliphatic heterocycles. The van der Waals surface area contributed by atoms with E-state index >= 15 is 0 Å². The van der Waals surface area contributed by atoms with E-state index in [0.717, 1.165) is 17.4 Å². The molecule has 2 heterocycles. The Morgan fingerprint density at radius 2 is 1.89 bits per heavy atom. The van der Waals surface area contributed by atoms with Crippen molar-refractivity contribution in [2.75, 3.05) is 31.1 Å². The van der Waals surface area contributed by atoms with Gasteiger partial charge in [0.15, 0.2) is 0 Å². The van der Waals surface area contributed by atoms with E-state index in [4.69, 9.17) is 11.6 Å². The van der Waals surface area contributed by atoms with Gasteiger partial charge in [0.25, 0.3) is 0 Å². The smallest absolute Gasteiger partial charge is 0.387 e. The molecule has 4 rings (SSSR count). The molecule has 0 bridgehead atoms. The van der Waals surface area contributed by atoms with Crippen LogP contribution in [0.4, 0.5) is 19.0 Å². The minimum atomic E-state index is -4.62. The molecule has 0 radical (unpaired) electrons. The highest BCUT2D eigenvalue weighted by atomic mass is 35.5. The Morgan fingerprint density at radius 1 is 1.19 bits per heavy atom. The molecule has 1 aromatic carbocycles. The third-order valence-electron chi connectivity index (χ3n) is 6.96. The van der Waals surface area contributed by atoms with E-state index in [-0.39, 0.29) is 17.5 Å². The van der Waals surface area contributed by atoms with E-state index in [0.29, 0.717) is 44.6 Å². The molecule has 2 N–H and O–H groups in total. The zero-order valence-electron chi connectivity index (χ0n) is 20.5. The fraction of sp³-hybridized carbons (Fsp3) is 0.560. The first-order valence-electron chi connectivity index (χ1n) is 12.1. The summed E-state index contributed by atoms with van der Waals surface area (Å²) in [6.07, 6.45) is -2.91. The molecule has 2 aromatic rings. The van der Waals surface area contributed by atoms with Gasteiger partial charge in [-0.15, -0.1) is 0 Å². The second-order valence-electron chi connectivity index (χ2n) is 9.84. The van der Waals surface area contributed by atoms with Crippen molar-refractivity contribution in [3.05, 3.63) is 51.9 Å². The van der Waals surface area contributed by atoms with Crippen LogP contribution in [0.15, 0.2) is 24.5 Å². The molecule has 1 aromatic heterocycles. The molecule has 0 amide bonds. The van der Waals surface area contributed by atoms with Crippen LogP contribution < -0.4 is 10.2 Å². The molecule has 196 valence electrons. The highest BCUT2D eigenvalue weighted by Crippen LogP contribution is 2.43. The fourth-order valence-electron chi connectivity index (χ4n) is 5.25. The first-order chi connectivity index (χ1) is 17.0. The molecular weight excluding hydrogens is 495 g/mol. The standard InChI is InChI=1S/C25H31ClF3N5O2/c1-14(2)32-23(17(12-35)16-4-5-19(26)18(11-16)25(27,28)29)33-6-8-34(9-7-33)24-21-15(3)10-20(36)22(21)30-13-31-24/h4-5,11-15,17,20,23,32,36H,6-10H2,1-3H3/t15-,17?,20-,23?/m1/s1. The van der Waals surface area contributed by atoms with Crippen LogP contribution >= 0.6 is 11.6 Å². The van der Waals surface area contributed by atoms with E-state index in [1.54, 1.807) is 0 Å². The number of benzene rings is 1. The van der Waals surface area contributed by atoms with Crippen molar-refractivity contribution in [1.29, 1.82) is 0 Å². The van der Waals surface area contributed by atoms with Crippen molar-refractivity contribution in [2.45, 2.75) is 63.5 Å². The van der Waals surface area contributed by atoms with E-state index < -0.39 is 35.0 Å². The summed E-state index contributed by atoms with van der Waals surface area (Å²) in [6.45, 7) is 8.30. The molecule has 2 unspecified atom stereocenters. The van der Waals surface area contributed by atoms with Gasteiger partial charge in [0.1, 0.15) is 18.4 Å². The summed E-state index contributed by atoms with van der Waals surface area (Å²) in [5.41, 5.74) is 0.967. The van der Waals surface area contributed by atoms with Gasteiger partial charge in [-0.3, -0.25) is 10.2 Å². The average molecular weight is 526 g/mol. The fourth-order valence-corrected chi connectivity index (χ4v) is 5.47. The van der Waals surface area contributed by atoms with Crippen molar-refractivity contribution in [3.63, 3.8) is 0 Å². The Hall–Kier alpha value is -2.27. The third-order valence-corrected chi connectivity index (χ3v) is 7.29. The summed E-state index contributed by atoms with van der Waals surface area (Å²) in [5.74, 6) is 0.138. The van der Waals surface area contributed by atoms with Gasteiger partial charge in [0, 0.05) is 37.8 Å². The Morgan fingerprint density at radius 3 is 2.50 bits per heavy atom. The summed E-state index contributed by atoms with van der Waals surface area (Å²) in [7, 11) is 0. The molecule has 4 atom stereocenters. The van der Waals surface area contributed by atoms with Crippen LogP contribution in [0.2, 0.25) is 5.02 Å². The molecule has 11 heteroatoms. The topological polar surface area (TPSA) is 81.6 Å². The summed E-state index contributed by atoms with van der Waals surface area (Å²) in [5, 5.41) is 13.3. The van der Waals surface area contributed by atoms with Crippen LogP contribution in [0.25, 0.3) is 0 Å². The van der Waals surface area contributed by atoms with Crippen LogP contribution in [-0.2, 0) is 11.0 Å². The number of rotatable bonds is 7. The minimum Gasteiger partial charge on any atom is -0.387 e. The monoisotopic (exact) mass is 525 g/mol. The van der Waals surface area contributed by atoms with Gasteiger partial charge in [0.05, 0.1) is 34.5 Å². The number of hydrogen-bond acceptors (Lipinski definition) is 7.